The summed E-state index contributed by atoms with van der Waals surface area (Å²) in [6.07, 6.45) is 0. The largest absolute Gasteiger partial charge is 0.507 e. The highest BCUT2D eigenvalue weighted by molar-refractivity contribution is 5.96. The van der Waals surface area contributed by atoms with Gasteiger partial charge in [0.05, 0.1) is 0 Å². The van der Waals surface area contributed by atoms with Crippen molar-refractivity contribution >= 4 is 17.6 Å². The van der Waals surface area contributed by atoms with Crippen LogP contribution >= 0.6 is 0 Å². The highest BCUT2D eigenvalue weighted by Crippen LogP contribution is 2.22. The lowest BCUT2D eigenvalue weighted by molar-refractivity contribution is -0.119. The average Bonchev–Trinajstić information content (AvgIpc) is 2.50. The molecule has 6 heteroatoms. The molecule has 0 unspecified atom stereocenters. The number of halogens is 1. The van der Waals surface area contributed by atoms with Gasteiger partial charge >= 0.3 is 5.97 Å². The highest BCUT2D eigenvalue weighted by Gasteiger charge is 2.15. The van der Waals surface area contributed by atoms with E-state index in [1.807, 2.05) is 0 Å². The Bertz CT molecular complexity index is 698. The number of esters is 1. The van der Waals surface area contributed by atoms with E-state index in [0.29, 0.717) is 11.3 Å². The maximum Gasteiger partial charge on any atom is 0.342 e. The second kappa shape index (κ2) is 6.71. The van der Waals surface area contributed by atoms with Gasteiger partial charge in [0.15, 0.2) is 6.61 Å². The second-order valence-electron chi connectivity index (χ2n) is 4.60. The number of amides is 1. The Kier molecular flexibility index (Phi) is 4.73. The Morgan fingerprint density at radius 2 is 1.86 bits per heavy atom. The van der Waals surface area contributed by atoms with Crippen LogP contribution in [0.15, 0.2) is 42.5 Å². The molecule has 0 aliphatic rings. The van der Waals surface area contributed by atoms with Crippen LogP contribution in [0, 0.1) is 12.7 Å². The number of benzene rings is 2. The van der Waals surface area contributed by atoms with E-state index in [9.17, 15) is 19.1 Å². The van der Waals surface area contributed by atoms with Gasteiger partial charge in [-0.25, -0.2) is 9.18 Å². The molecule has 0 aromatic heterocycles. The number of carbonyl (C=O) groups is 2. The summed E-state index contributed by atoms with van der Waals surface area (Å²) in [5, 5.41) is 12.2. The van der Waals surface area contributed by atoms with E-state index in [-0.39, 0.29) is 11.3 Å². The molecule has 1 amide bonds. The lowest BCUT2D eigenvalue weighted by Crippen LogP contribution is -2.21. The monoisotopic (exact) mass is 303 g/mol. The van der Waals surface area contributed by atoms with Crippen LogP contribution in [0.1, 0.15) is 15.9 Å². The molecule has 2 rings (SSSR count). The van der Waals surface area contributed by atoms with Crippen molar-refractivity contribution in [2.75, 3.05) is 11.9 Å². The van der Waals surface area contributed by atoms with Gasteiger partial charge in [-0.2, -0.15) is 0 Å². The predicted molar refractivity (Wildman–Crippen MR) is 78.2 cm³/mol. The quantitative estimate of drug-likeness (QED) is 0.851. The van der Waals surface area contributed by atoms with Crippen LogP contribution in [-0.2, 0) is 9.53 Å². The fourth-order valence-electron chi connectivity index (χ4n) is 1.76. The van der Waals surface area contributed by atoms with Crippen molar-refractivity contribution in [3.63, 3.8) is 0 Å². The zero-order chi connectivity index (χ0) is 16.1. The van der Waals surface area contributed by atoms with Crippen molar-refractivity contribution in [3.05, 3.63) is 59.4 Å². The number of ether oxygens (including phenoxy) is 1. The first-order valence-electron chi connectivity index (χ1n) is 6.48. The Morgan fingerprint density at radius 3 is 2.55 bits per heavy atom. The number of phenolic OH excluding ortho intramolecular Hbond substituents is 1. The average molecular weight is 303 g/mol. The summed E-state index contributed by atoms with van der Waals surface area (Å²) in [5.74, 6) is -1.95. The first-order chi connectivity index (χ1) is 10.5. The normalized spacial score (nSPS) is 10.1. The van der Waals surface area contributed by atoms with Crippen LogP contribution in [0.2, 0.25) is 0 Å². The minimum absolute atomic E-state index is 0.00502. The van der Waals surface area contributed by atoms with Gasteiger partial charge in [-0.1, -0.05) is 12.1 Å². The summed E-state index contributed by atoms with van der Waals surface area (Å²) in [6, 6.07) is 9.84. The maximum absolute atomic E-state index is 12.7. The zero-order valence-corrected chi connectivity index (χ0v) is 11.8. The Labute approximate surface area is 126 Å². The lowest BCUT2D eigenvalue weighted by Gasteiger charge is -2.08. The van der Waals surface area contributed by atoms with E-state index < -0.39 is 24.3 Å². The molecule has 0 fully saturated rings. The fraction of sp³-hybridized carbons (Fsp3) is 0.125. The van der Waals surface area contributed by atoms with Crippen LogP contribution in [0.5, 0.6) is 5.75 Å². The number of rotatable bonds is 4. The number of anilines is 1. The molecule has 0 aliphatic heterocycles. The number of para-hydroxylation sites is 1. The number of hydrogen-bond donors (Lipinski definition) is 2. The molecule has 2 N–H and O–H groups in total. The molecule has 0 heterocycles. The van der Waals surface area contributed by atoms with Crippen molar-refractivity contribution in [3.8, 4) is 5.75 Å². The van der Waals surface area contributed by atoms with Gasteiger partial charge in [0, 0.05) is 5.69 Å². The molecule has 0 bridgehead atoms. The van der Waals surface area contributed by atoms with Crippen LogP contribution in [0.4, 0.5) is 10.1 Å². The van der Waals surface area contributed by atoms with Crippen molar-refractivity contribution in [1.29, 1.82) is 0 Å². The zero-order valence-electron chi connectivity index (χ0n) is 11.8. The second-order valence-corrected chi connectivity index (χ2v) is 4.60. The van der Waals surface area contributed by atoms with E-state index in [1.54, 1.807) is 19.1 Å². The number of hydrogen-bond acceptors (Lipinski definition) is 4. The number of phenols is 1. The van der Waals surface area contributed by atoms with E-state index >= 15 is 0 Å². The van der Waals surface area contributed by atoms with Gasteiger partial charge in [-0.05, 0) is 42.8 Å². The Morgan fingerprint density at radius 1 is 1.18 bits per heavy atom. The van der Waals surface area contributed by atoms with Crippen LogP contribution in [0.3, 0.4) is 0 Å². The molecular weight excluding hydrogens is 289 g/mol. The first kappa shape index (κ1) is 15.5. The molecule has 0 aliphatic carbocycles. The molecule has 2 aromatic rings. The predicted octanol–water partition coefficient (Wildman–Crippen LogP) is 2.64. The third-order valence-corrected chi connectivity index (χ3v) is 2.92. The summed E-state index contributed by atoms with van der Waals surface area (Å²) < 4.78 is 17.6. The summed E-state index contributed by atoms with van der Waals surface area (Å²) in [5.41, 5.74) is 0.917. The molecule has 114 valence electrons. The van der Waals surface area contributed by atoms with Crippen LogP contribution in [0.25, 0.3) is 0 Å². The van der Waals surface area contributed by atoms with Gasteiger partial charge in [0.2, 0.25) is 0 Å². The van der Waals surface area contributed by atoms with Gasteiger partial charge < -0.3 is 15.2 Å². The number of aromatic hydroxyl groups is 1. The van der Waals surface area contributed by atoms with E-state index in [0.717, 1.165) is 0 Å². The molecule has 22 heavy (non-hydrogen) atoms. The molecule has 2 aromatic carbocycles. The number of carbonyl (C=O) groups excluding carboxylic acids is 2. The summed E-state index contributed by atoms with van der Waals surface area (Å²) in [4.78, 5) is 23.4. The smallest absolute Gasteiger partial charge is 0.342 e. The summed E-state index contributed by atoms with van der Waals surface area (Å²) in [6.45, 7) is 1.14. The molecule has 0 radical (unpaired) electrons. The third kappa shape index (κ3) is 3.82. The van der Waals surface area contributed by atoms with Crippen LogP contribution < -0.4 is 5.32 Å². The molecule has 0 saturated heterocycles. The molecule has 0 saturated carbocycles. The summed E-state index contributed by atoms with van der Waals surface area (Å²) >= 11 is 0. The molecule has 5 nitrogen and oxygen atoms in total. The topological polar surface area (TPSA) is 75.6 Å². The molecule has 0 spiro atoms. The Hall–Kier alpha value is -2.89. The first-order valence-corrected chi connectivity index (χ1v) is 6.48. The molecular formula is C16H14FNO4. The van der Waals surface area contributed by atoms with E-state index in [1.165, 1.54) is 30.3 Å². The third-order valence-electron chi connectivity index (χ3n) is 2.92. The number of aryl methyl sites for hydroxylation is 1. The van der Waals surface area contributed by atoms with Gasteiger partial charge in [0.25, 0.3) is 5.91 Å². The maximum atomic E-state index is 12.7. The lowest BCUT2D eigenvalue weighted by atomic mass is 10.1. The SMILES string of the molecule is Cc1cccc(C(=O)OCC(=O)Nc2ccc(F)cc2)c1O. The van der Waals surface area contributed by atoms with E-state index in [4.69, 9.17) is 4.74 Å². The highest BCUT2D eigenvalue weighted by atomic mass is 19.1. The summed E-state index contributed by atoms with van der Waals surface area (Å²) in [7, 11) is 0. The Balaban J connectivity index is 1.92. The van der Waals surface area contributed by atoms with Gasteiger partial charge in [-0.3, -0.25) is 4.79 Å². The van der Waals surface area contributed by atoms with Crippen molar-refractivity contribution in [2.45, 2.75) is 6.92 Å². The molecule has 0 atom stereocenters. The van der Waals surface area contributed by atoms with Crippen molar-refractivity contribution in [2.24, 2.45) is 0 Å². The standard InChI is InChI=1S/C16H14FNO4/c1-10-3-2-4-13(15(10)20)16(21)22-9-14(19)18-12-7-5-11(17)6-8-12/h2-8,20H,9H2,1H3,(H,18,19). The minimum Gasteiger partial charge on any atom is -0.507 e. The number of nitrogens with one attached hydrogen (secondary N) is 1. The van der Waals surface area contributed by atoms with Crippen molar-refractivity contribution in [1.82, 2.24) is 0 Å². The minimum atomic E-state index is -0.796. The van der Waals surface area contributed by atoms with Gasteiger partial charge in [0.1, 0.15) is 17.1 Å². The fourth-order valence-corrected chi connectivity index (χ4v) is 1.76. The van der Waals surface area contributed by atoms with Crippen LogP contribution in [-0.4, -0.2) is 23.6 Å². The van der Waals surface area contributed by atoms with E-state index in [2.05, 4.69) is 5.32 Å². The van der Waals surface area contributed by atoms with Crippen molar-refractivity contribution < 1.29 is 23.8 Å². The van der Waals surface area contributed by atoms with Gasteiger partial charge in [-0.15, -0.1) is 0 Å².